The van der Waals surface area contributed by atoms with E-state index in [9.17, 15) is 32.0 Å². The van der Waals surface area contributed by atoms with E-state index in [1.807, 2.05) is 0 Å². The SMILES string of the molecule is CCOC(=O)N[C@@H](CCS(C)(=O)=O)C(=O)N1CCN(n2c(C(C)N(C(=O)Nc3ccc(F)cc3)c3ccc(OC)cc3OC)nc3ccccc3c2=O)CC1. The predicted octanol–water partition coefficient (Wildman–Crippen LogP) is 3.68. The van der Waals surface area contributed by atoms with Crippen molar-refractivity contribution in [2.24, 2.45) is 0 Å². The summed E-state index contributed by atoms with van der Waals surface area (Å²) >= 11 is 0. The molecule has 0 spiro atoms. The number of carbonyl (C=O) groups excluding carboxylic acids is 3. The lowest BCUT2D eigenvalue weighted by atomic mass is 10.1. The Morgan fingerprint density at radius 1 is 0.982 bits per heavy atom. The Bertz CT molecular complexity index is 2190. The lowest BCUT2D eigenvalue weighted by Gasteiger charge is -2.40. The molecular weight excluding hydrogens is 738 g/mol. The first-order valence-corrected chi connectivity index (χ1v) is 19.5. The molecule has 1 aliphatic heterocycles. The van der Waals surface area contributed by atoms with E-state index in [4.69, 9.17) is 19.2 Å². The zero-order chi connectivity index (χ0) is 39.9. The molecule has 294 valence electrons. The van der Waals surface area contributed by atoms with Crippen LogP contribution in [0.5, 0.6) is 11.5 Å². The lowest BCUT2D eigenvalue weighted by Crippen LogP contribution is -2.59. The molecule has 1 unspecified atom stereocenters. The number of sulfone groups is 1. The van der Waals surface area contributed by atoms with Gasteiger partial charge in [0.1, 0.15) is 33.2 Å². The fourth-order valence-electron chi connectivity index (χ4n) is 6.24. The molecule has 2 atom stereocenters. The predicted molar refractivity (Wildman–Crippen MR) is 205 cm³/mol. The average molecular weight is 782 g/mol. The van der Waals surface area contributed by atoms with Crippen LogP contribution in [0.15, 0.2) is 71.5 Å². The van der Waals surface area contributed by atoms with Gasteiger partial charge in [-0.05, 0) is 68.8 Å². The van der Waals surface area contributed by atoms with Crippen molar-refractivity contribution in [1.82, 2.24) is 19.9 Å². The molecule has 5 rings (SSSR count). The number of fused-ring (bicyclic) bond motifs is 1. The Kier molecular flexibility index (Phi) is 12.8. The number of piperazine rings is 1. The van der Waals surface area contributed by atoms with E-state index < -0.39 is 51.3 Å². The van der Waals surface area contributed by atoms with Crippen molar-refractivity contribution in [2.75, 3.05) is 74.2 Å². The number of benzene rings is 3. The van der Waals surface area contributed by atoms with Crippen LogP contribution >= 0.6 is 0 Å². The van der Waals surface area contributed by atoms with Crippen molar-refractivity contribution in [3.8, 4) is 11.5 Å². The van der Waals surface area contributed by atoms with Gasteiger partial charge in [0, 0.05) is 31.1 Å². The molecule has 4 amide bonds. The van der Waals surface area contributed by atoms with Crippen LogP contribution in [0.25, 0.3) is 10.9 Å². The maximum Gasteiger partial charge on any atom is 0.407 e. The topological polar surface area (TPSA) is 182 Å². The molecule has 1 saturated heterocycles. The van der Waals surface area contributed by atoms with Crippen LogP contribution in [-0.2, 0) is 19.4 Å². The monoisotopic (exact) mass is 781 g/mol. The molecule has 1 fully saturated rings. The molecule has 1 aliphatic rings. The number of ether oxygens (including phenoxy) is 3. The molecule has 16 nitrogen and oxygen atoms in total. The molecular formula is C37H44FN7O9S. The Morgan fingerprint density at radius 3 is 2.31 bits per heavy atom. The second kappa shape index (κ2) is 17.5. The number of nitrogens with one attached hydrogen (secondary N) is 2. The quantitative estimate of drug-likeness (QED) is 0.202. The average Bonchev–Trinajstić information content (AvgIpc) is 3.17. The zero-order valence-electron chi connectivity index (χ0n) is 31.2. The molecule has 3 aromatic carbocycles. The normalized spacial score (nSPS) is 14.1. The third kappa shape index (κ3) is 9.61. The summed E-state index contributed by atoms with van der Waals surface area (Å²) in [4.78, 5) is 62.4. The maximum absolute atomic E-state index is 14.4. The lowest BCUT2D eigenvalue weighted by molar-refractivity contribution is -0.133. The number of urea groups is 1. The summed E-state index contributed by atoms with van der Waals surface area (Å²) in [6.45, 7) is 3.85. The summed E-state index contributed by atoms with van der Waals surface area (Å²) in [6, 6.07) is 14.2. The molecule has 0 radical (unpaired) electrons. The molecule has 18 heteroatoms. The molecule has 55 heavy (non-hydrogen) atoms. The summed E-state index contributed by atoms with van der Waals surface area (Å²) in [5, 5.41) is 7.33. The van der Waals surface area contributed by atoms with Gasteiger partial charge in [0.2, 0.25) is 5.91 Å². The summed E-state index contributed by atoms with van der Waals surface area (Å²) in [5.41, 5.74) is 0.601. The highest BCUT2D eigenvalue weighted by atomic mass is 32.2. The number of anilines is 2. The number of para-hydroxylation sites is 1. The van der Waals surface area contributed by atoms with Crippen LogP contribution in [0.2, 0.25) is 0 Å². The van der Waals surface area contributed by atoms with Crippen LogP contribution in [0.1, 0.15) is 32.1 Å². The van der Waals surface area contributed by atoms with E-state index in [0.29, 0.717) is 28.0 Å². The number of amides is 4. The molecule has 1 aromatic heterocycles. The summed E-state index contributed by atoms with van der Waals surface area (Å²) in [5.74, 6) is -0.375. The molecule has 2 N–H and O–H groups in total. The standard InChI is InChI=1S/C37H44FN7O9S/c1-6-54-37(49)41-30(17-22-55(5,50)51)35(47)42-18-20-43(21-19-42)45-33(40-29-10-8-7-9-28(29)34(45)46)24(2)44(31-16-15-27(52-3)23-32(31)53-4)36(48)39-26-13-11-25(38)12-14-26/h7-16,23-24,30H,6,17-22H2,1-5H3,(H,39,48)(H,41,49)/t24?,30-/m0/s1. The van der Waals surface area contributed by atoms with E-state index in [1.165, 1.54) is 53.0 Å². The van der Waals surface area contributed by atoms with Crippen LogP contribution in [0.3, 0.4) is 0 Å². The second-order valence-corrected chi connectivity index (χ2v) is 15.0. The van der Waals surface area contributed by atoms with E-state index in [0.717, 1.165) is 6.26 Å². The Morgan fingerprint density at radius 2 is 1.67 bits per heavy atom. The van der Waals surface area contributed by atoms with Gasteiger partial charge in [-0.15, -0.1) is 0 Å². The van der Waals surface area contributed by atoms with Gasteiger partial charge in [0.05, 0.1) is 62.3 Å². The zero-order valence-corrected chi connectivity index (χ0v) is 32.0. The van der Waals surface area contributed by atoms with Crippen molar-refractivity contribution >= 4 is 50.1 Å². The largest absolute Gasteiger partial charge is 0.497 e. The van der Waals surface area contributed by atoms with E-state index in [1.54, 1.807) is 61.3 Å². The van der Waals surface area contributed by atoms with Crippen molar-refractivity contribution in [3.05, 3.63) is 88.7 Å². The second-order valence-electron chi connectivity index (χ2n) is 12.7. The maximum atomic E-state index is 14.4. The summed E-state index contributed by atoms with van der Waals surface area (Å²) in [7, 11) is -0.515. The van der Waals surface area contributed by atoms with E-state index in [2.05, 4.69) is 10.6 Å². The van der Waals surface area contributed by atoms with Crippen LogP contribution in [0, 0.1) is 5.82 Å². The molecule has 2 heterocycles. The van der Waals surface area contributed by atoms with Gasteiger partial charge in [-0.3, -0.25) is 14.5 Å². The first-order valence-electron chi connectivity index (χ1n) is 17.5. The molecule has 0 aliphatic carbocycles. The van der Waals surface area contributed by atoms with Gasteiger partial charge in [0.15, 0.2) is 5.82 Å². The number of hydrogen-bond donors (Lipinski definition) is 2. The number of hydrogen-bond acceptors (Lipinski definition) is 11. The fraction of sp³-hybridized carbons (Fsp3) is 0.378. The minimum absolute atomic E-state index is 0.0589. The Labute approximate surface area is 317 Å². The van der Waals surface area contributed by atoms with Gasteiger partial charge < -0.3 is 34.8 Å². The number of aromatic nitrogens is 2. The fourth-order valence-corrected chi connectivity index (χ4v) is 6.90. The Balaban J connectivity index is 1.53. The summed E-state index contributed by atoms with van der Waals surface area (Å²) < 4.78 is 55.1. The summed E-state index contributed by atoms with van der Waals surface area (Å²) in [6.07, 6.45) is 0.0443. The highest BCUT2D eigenvalue weighted by Gasteiger charge is 2.34. The van der Waals surface area contributed by atoms with Crippen LogP contribution in [0.4, 0.5) is 25.4 Å². The van der Waals surface area contributed by atoms with Crippen LogP contribution < -0.4 is 35.6 Å². The van der Waals surface area contributed by atoms with Crippen LogP contribution in [-0.4, -0.2) is 106 Å². The van der Waals surface area contributed by atoms with E-state index >= 15 is 0 Å². The number of carbonyl (C=O) groups is 3. The first-order chi connectivity index (χ1) is 26.2. The number of rotatable bonds is 13. The highest BCUT2D eigenvalue weighted by Crippen LogP contribution is 2.37. The van der Waals surface area contributed by atoms with Gasteiger partial charge >= 0.3 is 12.1 Å². The number of alkyl carbamates (subject to hydrolysis) is 1. The van der Waals surface area contributed by atoms with Crippen molar-refractivity contribution in [1.29, 1.82) is 0 Å². The number of nitrogens with zero attached hydrogens (tertiary/aromatic N) is 5. The smallest absolute Gasteiger partial charge is 0.407 e. The van der Waals surface area contributed by atoms with Gasteiger partial charge in [-0.1, -0.05) is 12.1 Å². The third-order valence-corrected chi connectivity index (χ3v) is 9.97. The minimum Gasteiger partial charge on any atom is -0.497 e. The van der Waals surface area contributed by atoms with Crippen molar-refractivity contribution in [2.45, 2.75) is 32.4 Å². The molecule has 0 bridgehead atoms. The number of methoxy groups -OCH3 is 2. The van der Waals surface area contributed by atoms with E-state index in [-0.39, 0.29) is 56.5 Å². The van der Waals surface area contributed by atoms with Crippen molar-refractivity contribution < 1.29 is 41.4 Å². The molecule has 0 saturated carbocycles. The highest BCUT2D eigenvalue weighted by molar-refractivity contribution is 7.90. The minimum atomic E-state index is -3.45. The number of halogens is 1. The third-order valence-electron chi connectivity index (χ3n) is 8.99. The van der Waals surface area contributed by atoms with Gasteiger partial charge in [0.25, 0.3) is 5.56 Å². The van der Waals surface area contributed by atoms with Crippen molar-refractivity contribution in [3.63, 3.8) is 0 Å². The van der Waals surface area contributed by atoms with Gasteiger partial charge in [-0.25, -0.2) is 32.1 Å². The first kappa shape index (κ1) is 40.3. The Hall–Kier alpha value is -5.91. The van der Waals surface area contributed by atoms with Gasteiger partial charge in [-0.2, -0.15) is 0 Å². The molecule has 4 aromatic rings.